The van der Waals surface area contributed by atoms with E-state index in [1.165, 1.54) is 17.6 Å². The summed E-state index contributed by atoms with van der Waals surface area (Å²) in [6.45, 7) is 3.46. The number of anilines is 1. The number of hydrogen-bond donors (Lipinski definition) is 1. The topological polar surface area (TPSA) is 72.2 Å². The Morgan fingerprint density at radius 2 is 2.18 bits per heavy atom. The van der Waals surface area contributed by atoms with E-state index in [0.29, 0.717) is 10.6 Å². The van der Waals surface area contributed by atoms with E-state index >= 15 is 0 Å². The van der Waals surface area contributed by atoms with E-state index in [0.717, 1.165) is 3.79 Å². The van der Waals surface area contributed by atoms with Crippen molar-refractivity contribution in [3.63, 3.8) is 0 Å². The van der Waals surface area contributed by atoms with E-state index in [1.807, 2.05) is 0 Å². The molecule has 2 aromatic heterocycles. The second-order valence-electron chi connectivity index (χ2n) is 3.37. The van der Waals surface area contributed by atoms with Crippen LogP contribution in [-0.2, 0) is 10.0 Å². The maximum Gasteiger partial charge on any atom is 0.309 e. The quantitative estimate of drug-likeness (QED) is 0.935. The van der Waals surface area contributed by atoms with E-state index in [2.05, 4.69) is 25.6 Å². The van der Waals surface area contributed by atoms with Crippen LogP contribution in [0.5, 0.6) is 0 Å². The van der Waals surface area contributed by atoms with Crippen molar-refractivity contribution >= 4 is 43.3 Å². The van der Waals surface area contributed by atoms with Crippen LogP contribution in [0.15, 0.2) is 25.4 Å². The average molecular weight is 337 g/mol. The van der Waals surface area contributed by atoms with Crippen LogP contribution < -0.4 is 4.72 Å². The molecule has 0 aromatic carbocycles. The summed E-state index contributed by atoms with van der Waals surface area (Å²) in [6, 6.07) is 1.53. The molecule has 92 valence electrons. The summed E-state index contributed by atoms with van der Waals surface area (Å²) in [6.07, 6.45) is 1.38. The van der Waals surface area contributed by atoms with Gasteiger partial charge in [0.25, 0.3) is 10.0 Å². The highest BCUT2D eigenvalue weighted by Gasteiger charge is 2.21. The molecule has 0 spiro atoms. The first-order chi connectivity index (χ1) is 7.88. The molecule has 0 amide bonds. The van der Waals surface area contributed by atoms with Gasteiger partial charge in [0.15, 0.2) is 0 Å². The minimum atomic E-state index is -3.64. The minimum Gasteiger partial charge on any atom is -0.431 e. The Balaban J connectivity index is 2.34. The number of nitrogens with one attached hydrogen (secondary N) is 1. The van der Waals surface area contributed by atoms with Gasteiger partial charge in [-0.15, -0.1) is 11.3 Å². The van der Waals surface area contributed by atoms with Gasteiger partial charge < -0.3 is 4.42 Å². The summed E-state index contributed by atoms with van der Waals surface area (Å²) in [5.41, 5.74) is 0.617. The zero-order chi connectivity index (χ0) is 12.6. The number of hydrogen-bond acceptors (Lipinski definition) is 5. The van der Waals surface area contributed by atoms with Crippen molar-refractivity contribution in [3.8, 4) is 0 Å². The predicted molar refractivity (Wildman–Crippen MR) is 68.8 cm³/mol. The summed E-state index contributed by atoms with van der Waals surface area (Å²) >= 11 is 4.61. The van der Waals surface area contributed by atoms with Crippen LogP contribution >= 0.6 is 27.3 Å². The summed E-state index contributed by atoms with van der Waals surface area (Å²) < 4.78 is 32.1. The maximum atomic E-state index is 12.0. The third-order valence-electron chi connectivity index (χ3n) is 1.97. The molecule has 0 saturated heterocycles. The molecular weight excluding hydrogens is 328 g/mol. The number of aromatic nitrogens is 1. The number of sulfonamides is 1. The highest BCUT2D eigenvalue weighted by Crippen LogP contribution is 2.30. The van der Waals surface area contributed by atoms with E-state index in [1.54, 1.807) is 19.9 Å². The molecule has 17 heavy (non-hydrogen) atoms. The van der Waals surface area contributed by atoms with Gasteiger partial charge in [0, 0.05) is 4.88 Å². The summed E-state index contributed by atoms with van der Waals surface area (Å²) in [5, 5.41) is 0. The first-order valence-electron chi connectivity index (χ1n) is 4.59. The molecule has 2 rings (SSSR count). The number of nitrogens with zero attached hydrogens (tertiary/aromatic N) is 1. The Kier molecular flexibility index (Phi) is 3.28. The van der Waals surface area contributed by atoms with Crippen molar-refractivity contribution in [1.82, 2.24) is 4.98 Å². The van der Waals surface area contributed by atoms with E-state index in [9.17, 15) is 8.42 Å². The van der Waals surface area contributed by atoms with Crippen molar-refractivity contribution in [2.24, 2.45) is 0 Å². The third-order valence-corrected chi connectivity index (χ3v) is 5.10. The van der Waals surface area contributed by atoms with Gasteiger partial charge in [-0.05, 0) is 35.8 Å². The molecule has 0 atom stereocenters. The van der Waals surface area contributed by atoms with Crippen LogP contribution in [0.1, 0.15) is 10.6 Å². The van der Waals surface area contributed by atoms with Crippen LogP contribution in [-0.4, -0.2) is 13.4 Å². The SMILES string of the molecule is Cc1coc(NS(=O)(=O)c2cc(Br)sc2C)n1. The fourth-order valence-electron chi connectivity index (χ4n) is 1.27. The average Bonchev–Trinajstić information content (AvgIpc) is 2.72. The molecule has 0 fully saturated rings. The highest BCUT2D eigenvalue weighted by molar-refractivity contribution is 9.11. The van der Waals surface area contributed by atoms with Crippen molar-refractivity contribution < 1.29 is 12.8 Å². The van der Waals surface area contributed by atoms with Gasteiger partial charge in [-0.25, -0.2) is 13.1 Å². The Hall–Kier alpha value is -0.860. The van der Waals surface area contributed by atoms with Crippen molar-refractivity contribution in [2.45, 2.75) is 18.7 Å². The normalized spacial score (nSPS) is 11.7. The Bertz CT molecular complexity index is 645. The number of rotatable bonds is 3. The molecule has 1 N–H and O–H groups in total. The largest absolute Gasteiger partial charge is 0.431 e. The lowest BCUT2D eigenvalue weighted by atomic mass is 10.5. The van der Waals surface area contributed by atoms with Gasteiger partial charge in [0.1, 0.15) is 11.2 Å². The zero-order valence-electron chi connectivity index (χ0n) is 9.02. The Labute approximate surface area is 111 Å². The molecule has 0 aliphatic rings. The highest BCUT2D eigenvalue weighted by atomic mass is 79.9. The lowest BCUT2D eigenvalue weighted by Gasteiger charge is -2.02. The lowest BCUT2D eigenvalue weighted by Crippen LogP contribution is -2.13. The summed E-state index contributed by atoms with van der Waals surface area (Å²) in [4.78, 5) is 4.82. The number of oxazole rings is 1. The van der Waals surface area contributed by atoms with Crippen LogP contribution in [0.3, 0.4) is 0 Å². The number of halogens is 1. The van der Waals surface area contributed by atoms with E-state index < -0.39 is 10.0 Å². The summed E-state index contributed by atoms with van der Waals surface area (Å²) in [7, 11) is -3.64. The van der Waals surface area contributed by atoms with Crippen LogP contribution in [0.4, 0.5) is 6.01 Å². The monoisotopic (exact) mass is 336 g/mol. The van der Waals surface area contributed by atoms with Crippen molar-refractivity contribution in [2.75, 3.05) is 4.72 Å². The predicted octanol–water partition coefficient (Wildman–Crippen LogP) is 2.92. The number of aryl methyl sites for hydroxylation is 2. The molecule has 0 bridgehead atoms. The molecule has 2 heterocycles. The molecule has 0 radical (unpaired) electrons. The van der Waals surface area contributed by atoms with Gasteiger partial charge in [0.05, 0.1) is 9.48 Å². The van der Waals surface area contributed by atoms with Crippen LogP contribution in [0, 0.1) is 13.8 Å². The Morgan fingerprint density at radius 3 is 2.65 bits per heavy atom. The second-order valence-corrected chi connectivity index (χ2v) is 7.66. The molecule has 0 saturated carbocycles. The number of thiophene rings is 1. The van der Waals surface area contributed by atoms with Gasteiger partial charge in [-0.3, -0.25) is 0 Å². The smallest absolute Gasteiger partial charge is 0.309 e. The lowest BCUT2D eigenvalue weighted by molar-refractivity contribution is 0.569. The van der Waals surface area contributed by atoms with Gasteiger partial charge in [-0.2, -0.15) is 4.98 Å². The third kappa shape index (κ3) is 2.70. The Morgan fingerprint density at radius 1 is 1.47 bits per heavy atom. The van der Waals surface area contributed by atoms with E-state index in [4.69, 9.17) is 4.42 Å². The van der Waals surface area contributed by atoms with E-state index in [-0.39, 0.29) is 10.9 Å². The minimum absolute atomic E-state index is 0.0239. The molecule has 0 unspecified atom stereocenters. The fraction of sp³-hybridized carbons (Fsp3) is 0.222. The second kappa shape index (κ2) is 4.43. The van der Waals surface area contributed by atoms with Gasteiger partial charge in [-0.1, -0.05) is 0 Å². The first kappa shape index (κ1) is 12.6. The molecule has 2 aromatic rings. The summed E-state index contributed by atoms with van der Waals surface area (Å²) in [5.74, 6) is 0. The maximum absolute atomic E-state index is 12.0. The molecule has 0 aliphatic heterocycles. The van der Waals surface area contributed by atoms with Crippen LogP contribution in [0.25, 0.3) is 0 Å². The standard InChI is InChI=1S/C9H9BrN2O3S2/c1-5-4-15-9(11-5)12-17(13,14)7-3-8(10)16-6(7)2/h3-4H,1-2H3,(H,11,12). The molecule has 8 heteroatoms. The van der Waals surface area contributed by atoms with Crippen LogP contribution in [0.2, 0.25) is 0 Å². The van der Waals surface area contributed by atoms with Gasteiger partial charge >= 0.3 is 6.01 Å². The molecule has 5 nitrogen and oxygen atoms in total. The molecular formula is C9H9BrN2O3S2. The fourth-order valence-corrected chi connectivity index (χ4v) is 4.62. The van der Waals surface area contributed by atoms with Crippen molar-refractivity contribution in [1.29, 1.82) is 0 Å². The zero-order valence-corrected chi connectivity index (χ0v) is 12.2. The first-order valence-corrected chi connectivity index (χ1v) is 7.68. The van der Waals surface area contributed by atoms with Crippen molar-refractivity contribution in [3.05, 3.63) is 26.7 Å². The molecule has 0 aliphatic carbocycles. The van der Waals surface area contributed by atoms with Gasteiger partial charge in [0.2, 0.25) is 0 Å².